The molecule has 1 fully saturated rings. The predicted molar refractivity (Wildman–Crippen MR) is 74.0 cm³/mol. The van der Waals surface area contributed by atoms with Crippen molar-refractivity contribution >= 4 is 23.2 Å². The van der Waals surface area contributed by atoms with Gasteiger partial charge in [-0.1, -0.05) is 11.6 Å². The van der Waals surface area contributed by atoms with Gasteiger partial charge in [0.25, 0.3) is 11.6 Å². The molecule has 20 heavy (non-hydrogen) atoms. The monoisotopic (exact) mass is 298 g/mol. The van der Waals surface area contributed by atoms with Gasteiger partial charge in [0.05, 0.1) is 21.6 Å². The van der Waals surface area contributed by atoms with E-state index >= 15 is 0 Å². The lowest BCUT2D eigenvalue weighted by molar-refractivity contribution is -0.384. The third-order valence-electron chi connectivity index (χ3n) is 3.46. The molecule has 0 aliphatic heterocycles. The third kappa shape index (κ3) is 3.26. The van der Waals surface area contributed by atoms with Crippen LogP contribution in [0.25, 0.3) is 0 Å². The first kappa shape index (κ1) is 14.7. The zero-order valence-electron chi connectivity index (χ0n) is 11.0. The Balaban J connectivity index is 2.09. The fourth-order valence-electron chi connectivity index (χ4n) is 2.35. The van der Waals surface area contributed by atoms with Crippen LogP contribution in [0.3, 0.4) is 0 Å². The minimum absolute atomic E-state index is 0.0165. The van der Waals surface area contributed by atoms with Crippen molar-refractivity contribution in [2.75, 3.05) is 7.11 Å². The van der Waals surface area contributed by atoms with E-state index in [-0.39, 0.29) is 34.3 Å². The molecular weight excluding hydrogens is 284 g/mol. The topological polar surface area (TPSA) is 81.5 Å². The van der Waals surface area contributed by atoms with Crippen molar-refractivity contribution in [1.82, 2.24) is 5.32 Å². The summed E-state index contributed by atoms with van der Waals surface area (Å²) in [4.78, 5) is 22.3. The molecule has 2 unspecified atom stereocenters. The maximum atomic E-state index is 12.1. The first-order valence-electron chi connectivity index (χ1n) is 6.29. The predicted octanol–water partition coefficient (Wildman–Crippen LogP) is 2.55. The summed E-state index contributed by atoms with van der Waals surface area (Å²) < 4.78 is 5.24. The molecule has 1 aliphatic carbocycles. The van der Waals surface area contributed by atoms with Crippen molar-refractivity contribution in [1.29, 1.82) is 0 Å². The van der Waals surface area contributed by atoms with Gasteiger partial charge in [0, 0.05) is 25.3 Å². The zero-order valence-corrected chi connectivity index (χ0v) is 11.7. The van der Waals surface area contributed by atoms with Crippen molar-refractivity contribution < 1.29 is 14.5 Å². The van der Waals surface area contributed by atoms with Crippen LogP contribution in [0, 0.1) is 10.1 Å². The van der Waals surface area contributed by atoms with Crippen LogP contribution in [0.1, 0.15) is 29.6 Å². The maximum absolute atomic E-state index is 12.1. The number of non-ortho nitro benzene ring substituents is 1. The van der Waals surface area contributed by atoms with Gasteiger partial charge in [-0.05, 0) is 25.3 Å². The van der Waals surface area contributed by atoms with Gasteiger partial charge in [-0.15, -0.1) is 0 Å². The molecule has 7 heteroatoms. The van der Waals surface area contributed by atoms with Gasteiger partial charge >= 0.3 is 0 Å². The lowest BCUT2D eigenvalue weighted by Crippen LogP contribution is -2.33. The number of nitro groups is 1. The number of ether oxygens (including phenoxy) is 1. The number of hydrogen-bond donors (Lipinski definition) is 1. The number of nitro benzene ring substituents is 1. The van der Waals surface area contributed by atoms with Gasteiger partial charge in [0.15, 0.2) is 0 Å². The van der Waals surface area contributed by atoms with E-state index in [1.54, 1.807) is 7.11 Å². The second-order valence-corrected chi connectivity index (χ2v) is 5.17. The Bertz CT molecular complexity index is 535. The van der Waals surface area contributed by atoms with Gasteiger partial charge < -0.3 is 10.1 Å². The van der Waals surface area contributed by atoms with E-state index in [0.717, 1.165) is 19.3 Å². The molecule has 0 saturated heterocycles. The van der Waals surface area contributed by atoms with Crippen molar-refractivity contribution in [2.45, 2.75) is 31.4 Å². The first-order valence-corrected chi connectivity index (χ1v) is 6.66. The van der Waals surface area contributed by atoms with Crippen molar-refractivity contribution in [3.63, 3.8) is 0 Å². The molecule has 0 radical (unpaired) electrons. The molecule has 1 aromatic carbocycles. The zero-order chi connectivity index (χ0) is 14.7. The van der Waals surface area contributed by atoms with Crippen molar-refractivity contribution in [2.24, 2.45) is 0 Å². The molecular formula is C13H15ClN2O4. The van der Waals surface area contributed by atoms with E-state index in [1.165, 1.54) is 18.2 Å². The summed E-state index contributed by atoms with van der Waals surface area (Å²) in [5.41, 5.74) is -0.0255. The van der Waals surface area contributed by atoms with E-state index in [0.29, 0.717) is 0 Å². The average molecular weight is 299 g/mol. The number of amides is 1. The summed E-state index contributed by atoms with van der Waals surface area (Å²) in [7, 11) is 1.65. The highest BCUT2D eigenvalue weighted by Crippen LogP contribution is 2.24. The van der Waals surface area contributed by atoms with Gasteiger partial charge in [-0.3, -0.25) is 14.9 Å². The molecule has 0 heterocycles. The number of methoxy groups -OCH3 is 1. The van der Waals surface area contributed by atoms with Crippen LogP contribution in [0.5, 0.6) is 0 Å². The number of nitrogens with one attached hydrogen (secondary N) is 1. The number of halogens is 1. The molecule has 108 valence electrons. The number of rotatable bonds is 4. The summed E-state index contributed by atoms with van der Waals surface area (Å²) in [5.74, 6) is -0.388. The number of carbonyl (C=O) groups is 1. The lowest BCUT2D eigenvalue weighted by Gasteiger charge is -2.13. The van der Waals surface area contributed by atoms with E-state index < -0.39 is 4.92 Å². The number of carbonyl (C=O) groups excluding carboxylic acids is 1. The molecule has 1 N–H and O–H groups in total. The molecule has 0 aromatic heterocycles. The van der Waals surface area contributed by atoms with Crippen molar-refractivity contribution in [3.8, 4) is 0 Å². The Kier molecular flexibility index (Phi) is 4.57. The number of benzene rings is 1. The Morgan fingerprint density at radius 1 is 1.50 bits per heavy atom. The van der Waals surface area contributed by atoms with Crippen LogP contribution in [-0.4, -0.2) is 30.1 Å². The normalized spacial score (nSPS) is 21.7. The molecule has 1 aliphatic rings. The summed E-state index contributed by atoms with van der Waals surface area (Å²) in [5, 5.41) is 13.8. The highest BCUT2D eigenvalue weighted by Gasteiger charge is 2.27. The second-order valence-electron chi connectivity index (χ2n) is 4.76. The molecule has 1 saturated carbocycles. The second kappa shape index (κ2) is 6.19. The maximum Gasteiger partial charge on any atom is 0.270 e. The Morgan fingerprint density at radius 3 is 2.85 bits per heavy atom. The fraction of sp³-hybridized carbons (Fsp3) is 0.462. The minimum Gasteiger partial charge on any atom is -0.381 e. The molecule has 2 atom stereocenters. The van der Waals surface area contributed by atoms with Gasteiger partial charge in [0.2, 0.25) is 0 Å². The fourth-order valence-corrected chi connectivity index (χ4v) is 2.55. The van der Waals surface area contributed by atoms with Gasteiger partial charge in [-0.2, -0.15) is 0 Å². The van der Waals surface area contributed by atoms with E-state index in [1.807, 2.05) is 0 Å². The SMILES string of the molecule is COC1CCC(NC(=O)c2cc([N+](=O)[O-])ccc2Cl)C1. The first-order chi connectivity index (χ1) is 9.51. The Labute approximate surface area is 121 Å². The van der Waals surface area contributed by atoms with Gasteiger partial charge in [-0.25, -0.2) is 0 Å². The van der Waals surface area contributed by atoms with Crippen LogP contribution in [0.4, 0.5) is 5.69 Å². The number of hydrogen-bond acceptors (Lipinski definition) is 4. The Morgan fingerprint density at radius 2 is 2.25 bits per heavy atom. The van der Waals surface area contributed by atoms with Gasteiger partial charge in [0.1, 0.15) is 0 Å². The molecule has 1 aromatic rings. The largest absolute Gasteiger partial charge is 0.381 e. The van der Waals surface area contributed by atoms with E-state index in [9.17, 15) is 14.9 Å². The standard InChI is InChI=1S/C13H15ClN2O4/c1-20-10-4-2-8(6-10)15-13(17)11-7-9(16(18)19)3-5-12(11)14/h3,5,7-8,10H,2,4,6H2,1H3,(H,15,17). The molecule has 0 spiro atoms. The molecule has 6 nitrogen and oxygen atoms in total. The lowest BCUT2D eigenvalue weighted by atomic mass is 10.1. The van der Waals surface area contributed by atoms with Crippen LogP contribution in [0.2, 0.25) is 5.02 Å². The van der Waals surface area contributed by atoms with E-state index in [4.69, 9.17) is 16.3 Å². The molecule has 2 rings (SSSR count). The summed E-state index contributed by atoms with van der Waals surface area (Å²) in [6.07, 6.45) is 2.62. The molecule has 0 bridgehead atoms. The summed E-state index contributed by atoms with van der Waals surface area (Å²) >= 11 is 5.93. The summed E-state index contributed by atoms with van der Waals surface area (Å²) in [6, 6.07) is 3.85. The van der Waals surface area contributed by atoms with Crippen LogP contribution < -0.4 is 5.32 Å². The smallest absolute Gasteiger partial charge is 0.270 e. The third-order valence-corrected chi connectivity index (χ3v) is 3.79. The quantitative estimate of drug-likeness (QED) is 0.684. The van der Waals surface area contributed by atoms with Crippen LogP contribution in [0.15, 0.2) is 18.2 Å². The van der Waals surface area contributed by atoms with E-state index in [2.05, 4.69) is 5.32 Å². The molecule has 1 amide bonds. The summed E-state index contributed by atoms with van der Waals surface area (Å²) in [6.45, 7) is 0. The highest BCUT2D eigenvalue weighted by molar-refractivity contribution is 6.33. The van der Waals surface area contributed by atoms with Crippen LogP contribution >= 0.6 is 11.6 Å². The average Bonchev–Trinajstić information content (AvgIpc) is 2.86. The Hall–Kier alpha value is -1.66. The highest BCUT2D eigenvalue weighted by atomic mass is 35.5. The van der Waals surface area contributed by atoms with Crippen LogP contribution in [-0.2, 0) is 4.74 Å². The minimum atomic E-state index is -0.552. The number of nitrogens with zero attached hydrogens (tertiary/aromatic N) is 1. The van der Waals surface area contributed by atoms with Crippen molar-refractivity contribution in [3.05, 3.63) is 38.9 Å².